The molecule has 0 aliphatic carbocycles. The molecule has 0 bridgehead atoms. The Hall–Kier alpha value is -1.22. The van der Waals surface area contributed by atoms with Crippen LogP contribution in [0.2, 0.25) is 0 Å². The van der Waals surface area contributed by atoms with Crippen molar-refractivity contribution in [2.24, 2.45) is 0 Å². The lowest BCUT2D eigenvalue weighted by Crippen LogP contribution is -2.41. The predicted molar refractivity (Wildman–Crippen MR) is 92.9 cm³/mol. The van der Waals surface area contributed by atoms with E-state index in [1.54, 1.807) is 35.3 Å². The molecule has 0 aromatic heterocycles. The monoisotopic (exact) mass is 326 g/mol. The van der Waals surface area contributed by atoms with Crippen LogP contribution in [0.5, 0.6) is 0 Å². The van der Waals surface area contributed by atoms with E-state index in [1.807, 2.05) is 44.8 Å². The Morgan fingerprint density at radius 1 is 0.864 bits per heavy atom. The summed E-state index contributed by atoms with van der Waals surface area (Å²) < 4.78 is 5.12. The summed E-state index contributed by atoms with van der Waals surface area (Å²) in [6.07, 6.45) is 0.0880. The van der Waals surface area contributed by atoms with E-state index in [0.29, 0.717) is 0 Å². The maximum absolute atomic E-state index is 10.7. The average molecular weight is 326 g/mol. The third-order valence-corrected chi connectivity index (χ3v) is 1.86. The Morgan fingerprint density at radius 3 is 1.09 bits per heavy atom. The molecule has 0 radical (unpaired) electrons. The second kappa shape index (κ2) is 22.1. The number of aliphatic hydroxyl groups is 1. The standard InChI is InChI=1S/C6H16N2O.C5H12N2O.CH4O.CH2O.CH4/c1-7(2)6(9-5)8(3)4;1-6(2)5(8)7(3)4;2*1-2;/h6H,1-5H3;1-4H3;2H,1H3;1H2;1H4. The quantitative estimate of drug-likeness (QED) is 0.753. The number of amides is 2. The van der Waals surface area contributed by atoms with Gasteiger partial charge in [0.1, 0.15) is 6.79 Å². The van der Waals surface area contributed by atoms with Crippen molar-refractivity contribution in [3.05, 3.63) is 0 Å². The van der Waals surface area contributed by atoms with Crippen LogP contribution in [-0.4, -0.2) is 114 Å². The third-order valence-electron chi connectivity index (χ3n) is 1.86. The lowest BCUT2D eigenvalue weighted by atomic mass is 10.7. The minimum atomic E-state index is 0. The van der Waals surface area contributed by atoms with E-state index in [4.69, 9.17) is 14.6 Å². The highest BCUT2D eigenvalue weighted by Crippen LogP contribution is 1.95. The number of urea groups is 1. The third kappa shape index (κ3) is 21.1. The zero-order chi connectivity index (χ0) is 18.2. The summed E-state index contributed by atoms with van der Waals surface area (Å²) >= 11 is 0. The van der Waals surface area contributed by atoms with Crippen molar-refractivity contribution in [2.75, 3.05) is 70.6 Å². The van der Waals surface area contributed by atoms with Gasteiger partial charge in [-0.3, -0.25) is 9.80 Å². The zero-order valence-corrected chi connectivity index (χ0v) is 15.2. The summed E-state index contributed by atoms with van der Waals surface area (Å²) in [6, 6.07) is 0.0185. The molecule has 0 aromatic rings. The number of ether oxygens (including phenoxy) is 1. The second-order valence-electron chi connectivity index (χ2n) is 4.56. The molecular formula is C14H38N4O4. The van der Waals surface area contributed by atoms with Gasteiger partial charge in [-0.15, -0.1) is 0 Å². The molecule has 8 heteroatoms. The summed E-state index contributed by atoms with van der Waals surface area (Å²) in [6.45, 7) is 2.00. The smallest absolute Gasteiger partial charge is 0.318 e. The number of rotatable bonds is 3. The van der Waals surface area contributed by atoms with Crippen molar-refractivity contribution in [1.29, 1.82) is 0 Å². The molecule has 1 N–H and O–H groups in total. The van der Waals surface area contributed by atoms with E-state index in [1.165, 1.54) is 9.80 Å². The van der Waals surface area contributed by atoms with Crippen LogP contribution < -0.4 is 0 Å². The lowest BCUT2D eigenvalue weighted by molar-refractivity contribution is -0.0980. The van der Waals surface area contributed by atoms with Gasteiger partial charge in [-0.2, -0.15) is 0 Å². The number of carbonyl (C=O) groups excluding carboxylic acids is 2. The van der Waals surface area contributed by atoms with Crippen molar-refractivity contribution in [3.63, 3.8) is 0 Å². The first-order valence-electron chi connectivity index (χ1n) is 6.13. The highest BCUT2D eigenvalue weighted by atomic mass is 16.5. The van der Waals surface area contributed by atoms with Crippen LogP contribution in [0.4, 0.5) is 4.79 Å². The Morgan fingerprint density at radius 2 is 1.09 bits per heavy atom. The molecule has 0 heterocycles. The molecule has 0 saturated heterocycles. The van der Waals surface area contributed by atoms with Gasteiger partial charge in [-0.05, 0) is 28.2 Å². The van der Waals surface area contributed by atoms with E-state index in [9.17, 15) is 4.79 Å². The van der Waals surface area contributed by atoms with Crippen molar-refractivity contribution in [2.45, 2.75) is 13.8 Å². The average Bonchev–Trinajstić information content (AvgIpc) is 2.42. The summed E-state index contributed by atoms with van der Waals surface area (Å²) in [5, 5.41) is 7.00. The van der Waals surface area contributed by atoms with Crippen LogP contribution in [0, 0.1) is 0 Å². The van der Waals surface area contributed by atoms with Gasteiger partial charge < -0.3 is 24.4 Å². The molecule has 0 fully saturated rings. The zero-order valence-electron chi connectivity index (χ0n) is 15.2. The summed E-state index contributed by atoms with van der Waals surface area (Å²) in [5.41, 5.74) is 0. The van der Waals surface area contributed by atoms with Crippen molar-refractivity contribution in [3.8, 4) is 0 Å². The van der Waals surface area contributed by atoms with E-state index >= 15 is 0 Å². The van der Waals surface area contributed by atoms with Gasteiger partial charge in [0.2, 0.25) is 0 Å². The fraction of sp³-hybridized carbons (Fsp3) is 0.857. The summed E-state index contributed by atoms with van der Waals surface area (Å²) in [4.78, 5) is 25.8. The molecule has 0 aromatic carbocycles. The topological polar surface area (TPSA) is 76.6 Å². The Balaban J connectivity index is -0.0000000689. The molecule has 0 spiro atoms. The van der Waals surface area contributed by atoms with Crippen molar-refractivity contribution in [1.82, 2.24) is 19.6 Å². The lowest BCUT2D eigenvalue weighted by Gasteiger charge is -2.28. The second-order valence-corrected chi connectivity index (χ2v) is 4.56. The van der Waals surface area contributed by atoms with Crippen molar-refractivity contribution < 1.29 is 19.4 Å². The molecule has 0 saturated carbocycles. The summed E-state index contributed by atoms with van der Waals surface area (Å²) in [7, 11) is 17.5. The first kappa shape index (κ1) is 32.7. The fourth-order valence-electron chi connectivity index (χ4n) is 1.28. The number of nitrogens with zero attached hydrogens (tertiary/aromatic N) is 4. The minimum Gasteiger partial charge on any atom is -0.400 e. The molecule has 138 valence electrons. The largest absolute Gasteiger partial charge is 0.400 e. The van der Waals surface area contributed by atoms with Gasteiger partial charge in [0, 0.05) is 42.4 Å². The molecule has 0 atom stereocenters. The number of hydrogen-bond donors (Lipinski definition) is 1. The normalized spacial score (nSPS) is 8.45. The van der Waals surface area contributed by atoms with E-state index in [0.717, 1.165) is 7.11 Å². The Labute approximate surface area is 137 Å². The molecule has 0 rings (SSSR count). The molecule has 0 unspecified atom stereocenters. The first-order valence-corrected chi connectivity index (χ1v) is 6.13. The predicted octanol–water partition coefficient (Wildman–Crippen LogP) is 0.329. The van der Waals surface area contributed by atoms with Gasteiger partial charge in [0.25, 0.3) is 0 Å². The SMILES string of the molecule is C.C=O.CN(C)C(=O)N(C)C.CO.COC(N(C)C)N(C)C. The summed E-state index contributed by atoms with van der Waals surface area (Å²) in [5.74, 6) is 0. The number of aliphatic hydroxyl groups excluding tert-OH is 1. The maximum Gasteiger partial charge on any atom is 0.318 e. The van der Waals surface area contributed by atoms with Gasteiger partial charge >= 0.3 is 6.03 Å². The highest BCUT2D eigenvalue weighted by molar-refractivity contribution is 5.72. The van der Waals surface area contributed by atoms with Crippen molar-refractivity contribution >= 4 is 12.8 Å². The van der Waals surface area contributed by atoms with Crippen LogP contribution in [-0.2, 0) is 9.53 Å². The molecule has 2 amide bonds. The molecule has 8 nitrogen and oxygen atoms in total. The Kier molecular flexibility index (Phi) is 32.8. The highest BCUT2D eigenvalue weighted by Gasteiger charge is 2.10. The van der Waals surface area contributed by atoms with Gasteiger partial charge in [-0.1, -0.05) is 7.43 Å². The van der Waals surface area contributed by atoms with Gasteiger partial charge in [0.05, 0.1) is 0 Å². The van der Waals surface area contributed by atoms with Crippen LogP contribution in [0.15, 0.2) is 0 Å². The van der Waals surface area contributed by atoms with Crippen LogP contribution >= 0.6 is 0 Å². The van der Waals surface area contributed by atoms with E-state index < -0.39 is 0 Å². The Bertz CT molecular complexity index is 207. The molecule has 0 aliphatic rings. The van der Waals surface area contributed by atoms with Gasteiger partial charge in [0.15, 0.2) is 6.35 Å². The maximum atomic E-state index is 10.7. The van der Waals surface area contributed by atoms with Crippen LogP contribution in [0.3, 0.4) is 0 Å². The molecular weight excluding hydrogens is 288 g/mol. The molecule has 0 aliphatic heterocycles. The number of carbonyl (C=O) groups is 2. The number of hydrogen-bond acceptors (Lipinski definition) is 6. The van der Waals surface area contributed by atoms with E-state index in [-0.39, 0.29) is 19.8 Å². The minimum absolute atomic E-state index is 0. The first-order chi connectivity index (χ1) is 9.64. The van der Waals surface area contributed by atoms with E-state index in [2.05, 4.69) is 0 Å². The fourth-order valence-corrected chi connectivity index (χ4v) is 1.28. The van der Waals surface area contributed by atoms with Crippen LogP contribution in [0.1, 0.15) is 7.43 Å². The number of methoxy groups -OCH3 is 1. The molecule has 22 heavy (non-hydrogen) atoms. The van der Waals surface area contributed by atoms with Gasteiger partial charge in [-0.25, -0.2) is 4.79 Å². The van der Waals surface area contributed by atoms with Crippen LogP contribution in [0.25, 0.3) is 0 Å².